The zero-order chi connectivity index (χ0) is 12.0. The van der Waals surface area contributed by atoms with Crippen molar-refractivity contribution >= 4 is 5.91 Å². The van der Waals surface area contributed by atoms with Crippen LogP contribution >= 0.6 is 0 Å². The average molecular weight is 214 g/mol. The Hall–Kier alpha value is -0.570. The molecule has 0 rings (SSSR count). The summed E-state index contributed by atoms with van der Waals surface area (Å²) < 4.78 is 0. The Balaban J connectivity index is 4.17. The number of nitrogens with zero attached hydrogens (tertiary/aromatic N) is 1. The normalized spacial score (nSPS) is 15.1. The van der Waals surface area contributed by atoms with Crippen molar-refractivity contribution in [2.45, 2.75) is 59.0 Å². The third-order valence-corrected chi connectivity index (χ3v) is 2.74. The number of likely N-dealkylation sites (N-methyl/N-ethyl adjacent to an activating group) is 1. The van der Waals surface area contributed by atoms with Gasteiger partial charge in [-0.25, -0.2) is 0 Å². The molecule has 0 aliphatic rings. The van der Waals surface area contributed by atoms with Crippen LogP contribution in [0, 0.1) is 5.92 Å². The Labute approximate surface area is 94.0 Å². The third-order valence-electron chi connectivity index (χ3n) is 2.74. The van der Waals surface area contributed by atoms with Crippen molar-refractivity contribution in [2.24, 2.45) is 11.7 Å². The molecule has 0 saturated heterocycles. The van der Waals surface area contributed by atoms with Crippen LogP contribution in [-0.2, 0) is 4.79 Å². The van der Waals surface area contributed by atoms with Gasteiger partial charge in [-0.3, -0.25) is 4.79 Å². The van der Waals surface area contributed by atoms with Crippen molar-refractivity contribution in [3.63, 3.8) is 0 Å². The largest absolute Gasteiger partial charge is 0.342 e. The maximum absolute atomic E-state index is 11.9. The van der Waals surface area contributed by atoms with E-state index in [1.165, 1.54) is 0 Å². The first-order valence-electron chi connectivity index (χ1n) is 5.92. The molecule has 2 atom stereocenters. The Bertz CT molecular complexity index is 192. The van der Waals surface area contributed by atoms with Gasteiger partial charge in [0.2, 0.25) is 5.91 Å². The lowest BCUT2D eigenvalue weighted by atomic mass is 10.0. The number of amides is 1. The molecule has 0 aromatic carbocycles. The fourth-order valence-corrected chi connectivity index (χ4v) is 1.75. The van der Waals surface area contributed by atoms with Crippen LogP contribution in [0.5, 0.6) is 0 Å². The Morgan fingerprint density at radius 1 is 1.33 bits per heavy atom. The minimum Gasteiger partial charge on any atom is -0.342 e. The smallest absolute Gasteiger partial charge is 0.239 e. The van der Waals surface area contributed by atoms with Crippen molar-refractivity contribution < 1.29 is 4.79 Å². The zero-order valence-electron chi connectivity index (χ0n) is 10.8. The Morgan fingerprint density at radius 3 is 2.27 bits per heavy atom. The molecule has 0 fully saturated rings. The van der Waals surface area contributed by atoms with E-state index in [9.17, 15) is 4.79 Å². The van der Waals surface area contributed by atoms with E-state index < -0.39 is 0 Å². The molecule has 0 aliphatic carbocycles. The maximum Gasteiger partial charge on any atom is 0.239 e. The van der Waals surface area contributed by atoms with E-state index in [1.807, 2.05) is 14.0 Å². The highest BCUT2D eigenvalue weighted by Gasteiger charge is 2.21. The molecule has 0 spiro atoms. The second-order valence-corrected chi connectivity index (χ2v) is 4.82. The molecule has 3 nitrogen and oxygen atoms in total. The SMILES string of the molecule is CCC[C@H](N)C(=O)N(C)C(C)CC(C)C. The van der Waals surface area contributed by atoms with Crippen molar-refractivity contribution in [1.29, 1.82) is 0 Å². The average Bonchev–Trinajstić information content (AvgIpc) is 2.14. The van der Waals surface area contributed by atoms with Gasteiger partial charge in [-0.05, 0) is 25.7 Å². The summed E-state index contributed by atoms with van der Waals surface area (Å²) in [5.41, 5.74) is 5.81. The summed E-state index contributed by atoms with van der Waals surface area (Å²) >= 11 is 0. The molecule has 0 saturated carbocycles. The monoisotopic (exact) mass is 214 g/mol. The van der Waals surface area contributed by atoms with Crippen LogP contribution in [0.25, 0.3) is 0 Å². The first-order valence-corrected chi connectivity index (χ1v) is 5.92. The molecule has 0 radical (unpaired) electrons. The molecule has 90 valence electrons. The lowest BCUT2D eigenvalue weighted by Gasteiger charge is -2.28. The van der Waals surface area contributed by atoms with E-state index in [4.69, 9.17) is 5.73 Å². The molecule has 1 amide bonds. The van der Waals surface area contributed by atoms with Gasteiger partial charge in [0.05, 0.1) is 6.04 Å². The van der Waals surface area contributed by atoms with Gasteiger partial charge in [0.1, 0.15) is 0 Å². The summed E-state index contributed by atoms with van der Waals surface area (Å²) in [7, 11) is 1.85. The molecule has 0 aromatic heterocycles. The highest BCUT2D eigenvalue weighted by Crippen LogP contribution is 2.11. The lowest BCUT2D eigenvalue weighted by Crippen LogP contribution is -2.45. The van der Waals surface area contributed by atoms with E-state index in [1.54, 1.807) is 4.90 Å². The number of nitrogens with two attached hydrogens (primary N) is 1. The highest BCUT2D eigenvalue weighted by molar-refractivity contribution is 5.81. The van der Waals surface area contributed by atoms with Gasteiger partial charge in [0.15, 0.2) is 0 Å². The van der Waals surface area contributed by atoms with Gasteiger partial charge in [-0.15, -0.1) is 0 Å². The minimum atomic E-state index is -0.324. The van der Waals surface area contributed by atoms with Crippen LogP contribution in [0.2, 0.25) is 0 Å². The van der Waals surface area contributed by atoms with Crippen molar-refractivity contribution in [2.75, 3.05) is 7.05 Å². The highest BCUT2D eigenvalue weighted by atomic mass is 16.2. The van der Waals surface area contributed by atoms with Crippen LogP contribution in [0.1, 0.15) is 47.0 Å². The van der Waals surface area contributed by atoms with E-state index in [0.717, 1.165) is 19.3 Å². The second-order valence-electron chi connectivity index (χ2n) is 4.82. The maximum atomic E-state index is 11.9. The molecule has 0 bridgehead atoms. The van der Waals surface area contributed by atoms with Gasteiger partial charge in [-0.2, -0.15) is 0 Å². The van der Waals surface area contributed by atoms with E-state index in [0.29, 0.717) is 5.92 Å². The molecule has 0 aliphatic heterocycles. The topological polar surface area (TPSA) is 46.3 Å². The number of carbonyl (C=O) groups is 1. The first-order chi connectivity index (χ1) is 6.90. The number of carbonyl (C=O) groups excluding carboxylic acids is 1. The van der Waals surface area contributed by atoms with Crippen LogP contribution in [0.4, 0.5) is 0 Å². The quantitative estimate of drug-likeness (QED) is 0.735. The lowest BCUT2D eigenvalue weighted by molar-refractivity contribution is -0.133. The predicted molar refractivity (Wildman–Crippen MR) is 64.6 cm³/mol. The standard InChI is InChI=1S/C12H26N2O/c1-6-7-11(13)12(15)14(5)10(4)8-9(2)3/h9-11H,6-8,13H2,1-5H3/t10?,11-/m0/s1. The van der Waals surface area contributed by atoms with Gasteiger partial charge in [-0.1, -0.05) is 27.2 Å². The van der Waals surface area contributed by atoms with E-state index >= 15 is 0 Å². The number of rotatable bonds is 6. The summed E-state index contributed by atoms with van der Waals surface area (Å²) in [6.45, 7) is 8.46. The first kappa shape index (κ1) is 14.4. The molecule has 0 aromatic rings. The molecule has 2 N–H and O–H groups in total. The van der Waals surface area contributed by atoms with Crippen LogP contribution in [-0.4, -0.2) is 29.9 Å². The molecule has 0 heterocycles. The van der Waals surface area contributed by atoms with Crippen molar-refractivity contribution in [3.05, 3.63) is 0 Å². The molecule has 1 unspecified atom stereocenters. The number of hydrogen-bond acceptors (Lipinski definition) is 2. The fraction of sp³-hybridized carbons (Fsp3) is 0.917. The van der Waals surface area contributed by atoms with Gasteiger partial charge < -0.3 is 10.6 Å². The van der Waals surface area contributed by atoms with Crippen LogP contribution in [0.3, 0.4) is 0 Å². The van der Waals surface area contributed by atoms with Gasteiger partial charge in [0.25, 0.3) is 0 Å². The van der Waals surface area contributed by atoms with Gasteiger partial charge in [0, 0.05) is 13.1 Å². The molecule has 15 heavy (non-hydrogen) atoms. The Morgan fingerprint density at radius 2 is 1.87 bits per heavy atom. The van der Waals surface area contributed by atoms with Crippen molar-refractivity contribution in [3.8, 4) is 0 Å². The van der Waals surface area contributed by atoms with Crippen molar-refractivity contribution in [1.82, 2.24) is 4.90 Å². The predicted octanol–water partition coefficient (Wildman–Crippen LogP) is 2.01. The molecular weight excluding hydrogens is 188 g/mol. The van der Waals surface area contributed by atoms with E-state index in [-0.39, 0.29) is 18.0 Å². The van der Waals surface area contributed by atoms with Gasteiger partial charge >= 0.3 is 0 Å². The summed E-state index contributed by atoms with van der Waals surface area (Å²) in [4.78, 5) is 13.6. The molecule has 3 heteroatoms. The van der Waals surface area contributed by atoms with Crippen LogP contribution < -0.4 is 5.73 Å². The summed E-state index contributed by atoms with van der Waals surface area (Å²) in [6.07, 6.45) is 2.76. The van der Waals surface area contributed by atoms with Crippen LogP contribution in [0.15, 0.2) is 0 Å². The number of hydrogen-bond donors (Lipinski definition) is 1. The minimum absolute atomic E-state index is 0.0741. The Kier molecular flexibility index (Phi) is 6.57. The summed E-state index contributed by atoms with van der Waals surface area (Å²) in [5.74, 6) is 0.683. The third kappa shape index (κ3) is 5.17. The molecular formula is C12H26N2O. The summed E-state index contributed by atoms with van der Waals surface area (Å²) in [6, 6.07) is -0.0463. The summed E-state index contributed by atoms with van der Waals surface area (Å²) in [5, 5.41) is 0. The fourth-order valence-electron chi connectivity index (χ4n) is 1.75. The van der Waals surface area contributed by atoms with E-state index in [2.05, 4.69) is 20.8 Å². The second kappa shape index (κ2) is 6.83. The zero-order valence-corrected chi connectivity index (χ0v) is 10.8.